The summed E-state index contributed by atoms with van der Waals surface area (Å²) in [6.07, 6.45) is 0. The zero-order chi connectivity index (χ0) is 12.8. The number of nitro benzene ring substituents is 1. The van der Waals surface area contributed by atoms with Gasteiger partial charge < -0.3 is 10.0 Å². The van der Waals surface area contributed by atoms with Crippen molar-refractivity contribution in [2.75, 3.05) is 18.0 Å². The van der Waals surface area contributed by atoms with Crippen LogP contribution in [0.25, 0.3) is 0 Å². The van der Waals surface area contributed by atoms with Crippen molar-refractivity contribution in [2.45, 2.75) is 12.5 Å². The van der Waals surface area contributed by atoms with Crippen LogP contribution in [0.4, 0.5) is 15.8 Å². The number of nitro groups is 1. The molecule has 0 amide bonds. The van der Waals surface area contributed by atoms with E-state index >= 15 is 0 Å². The molecule has 1 saturated heterocycles. The van der Waals surface area contributed by atoms with E-state index in [1.807, 2.05) is 0 Å². The molecule has 0 atom stereocenters. The van der Waals surface area contributed by atoms with Crippen LogP contribution in [0.2, 0.25) is 5.02 Å². The molecule has 0 unspecified atom stereocenters. The average molecular weight is 261 g/mol. The van der Waals surface area contributed by atoms with E-state index in [2.05, 4.69) is 0 Å². The lowest BCUT2D eigenvalue weighted by Gasteiger charge is -2.45. The Morgan fingerprint density at radius 1 is 1.59 bits per heavy atom. The lowest BCUT2D eigenvalue weighted by molar-refractivity contribution is -0.384. The zero-order valence-electron chi connectivity index (χ0n) is 8.98. The summed E-state index contributed by atoms with van der Waals surface area (Å²) in [7, 11) is 0. The Bertz CT molecular complexity index is 485. The Labute approximate surface area is 102 Å². The van der Waals surface area contributed by atoms with E-state index in [1.165, 1.54) is 6.07 Å². The van der Waals surface area contributed by atoms with Crippen molar-refractivity contribution < 1.29 is 14.4 Å². The number of benzene rings is 1. The third-order valence-electron chi connectivity index (χ3n) is 2.62. The first-order valence-corrected chi connectivity index (χ1v) is 5.29. The molecule has 5 nitrogen and oxygen atoms in total. The van der Waals surface area contributed by atoms with Gasteiger partial charge in [0.2, 0.25) is 0 Å². The number of rotatable bonds is 2. The van der Waals surface area contributed by atoms with E-state index in [9.17, 15) is 19.6 Å². The first kappa shape index (κ1) is 12.1. The highest BCUT2D eigenvalue weighted by Crippen LogP contribution is 2.37. The van der Waals surface area contributed by atoms with Gasteiger partial charge in [-0.15, -0.1) is 0 Å². The number of hydrogen-bond acceptors (Lipinski definition) is 4. The minimum Gasteiger partial charge on any atom is -0.386 e. The number of aliphatic hydroxyl groups is 1. The van der Waals surface area contributed by atoms with E-state index in [4.69, 9.17) is 11.6 Å². The monoisotopic (exact) mass is 260 g/mol. The molecule has 0 saturated carbocycles. The molecule has 1 heterocycles. The van der Waals surface area contributed by atoms with E-state index in [0.29, 0.717) is 0 Å². The molecule has 0 bridgehead atoms. The summed E-state index contributed by atoms with van der Waals surface area (Å²) < 4.78 is 13.2. The predicted octanol–water partition coefficient (Wildman–Crippen LogP) is 1.96. The number of halogens is 2. The van der Waals surface area contributed by atoms with Crippen molar-refractivity contribution in [3.05, 3.63) is 33.1 Å². The van der Waals surface area contributed by atoms with Gasteiger partial charge in [0.25, 0.3) is 5.69 Å². The molecule has 0 radical (unpaired) electrons. The van der Waals surface area contributed by atoms with Crippen molar-refractivity contribution in [2.24, 2.45) is 0 Å². The largest absolute Gasteiger partial charge is 0.386 e. The lowest BCUT2D eigenvalue weighted by Crippen LogP contribution is -2.60. The van der Waals surface area contributed by atoms with Crippen LogP contribution in [0.15, 0.2) is 12.1 Å². The predicted molar refractivity (Wildman–Crippen MR) is 60.9 cm³/mol. The average Bonchev–Trinajstić information content (AvgIpc) is 2.17. The molecule has 92 valence electrons. The van der Waals surface area contributed by atoms with Gasteiger partial charge in [-0.25, -0.2) is 4.39 Å². The SMILES string of the molecule is CC1(O)CN(c2cc(Cl)c(F)cc2[N+](=O)[O-])C1. The molecule has 1 N–H and O–H groups in total. The normalized spacial score (nSPS) is 17.8. The molecular formula is C10H10ClFN2O3. The van der Waals surface area contributed by atoms with E-state index in [1.54, 1.807) is 11.8 Å². The maximum atomic E-state index is 13.2. The summed E-state index contributed by atoms with van der Waals surface area (Å²) in [5.74, 6) is -0.825. The molecule has 0 spiro atoms. The number of hydrogen-bond donors (Lipinski definition) is 1. The Kier molecular flexibility index (Phi) is 2.71. The maximum Gasteiger partial charge on any atom is 0.295 e. The number of β-amino-alcohol motifs (C(OH)–C–C–N with tert-alkyl or cyclic N) is 1. The van der Waals surface area contributed by atoms with Gasteiger partial charge in [0.05, 0.1) is 21.6 Å². The quantitative estimate of drug-likeness (QED) is 0.652. The number of nitrogens with zero attached hydrogens (tertiary/aromatic N) is 2. The second-order valence-electron chi connectivity index (χ2n) is 4.37. The molecular weight excluding hydrogens is 251 g/mol. The van der Waals surface area contributed by atoms with Crippen molar-refractivity contribution in [1.29, 1.82) is 0 Å². The van der Waals surface area contributed by atoms with E-state index in [0.717, 1.165) is 6.07 Å². The highest BCUT2D eigenvalue weighted by molar-refractivity contribution is 6.31. The fraction of sp³-hybridized carbons (Fsp3) is 0.400. The van der Waals surface area contributed by atoms with Crippen LogP contribution >= 0.6 is 11.6 Å². The minimum absolute atomic E-state index is 0.169. The molecule has 1 aromatic carbocycles. The molecule has 7 heteroatoms. The first-order chi connectivity index (χ1) is 7.80. The van der Waals surface area contributed by atoms with Crippen LogP contribution in [0.3, 0.4) is 0 Å². The Morgan fingerprint density at radius 2 is 2.18 bits per heavy atom. The topological polar surface area (TPSA) is 66.6 Å². The Hall–Kier alpha value is -1.40. The smallest absolute Gasteiger partial charge is 0.295 e. The van der Waals surface area contributed by atoms with Gasteiger partial charge in [-0.2, -0.15) is 0 Å². The summed E-state index contributed by atoms with van der Waals surface area (Å²) in [5.41, 5.74) is -0.982. The van der Waals surface area contributed by atoms with Crippen molar-refractivity contribution >= 4 is 23.0 Å². The van der Waals surface area contributed by atoms with Gasteiger partial charge in [0, 0.05) is 13.1 Å². The van der Waals surface area contributed by atoms with Crippen molar-refractivity contribution in [1.82, 2.24) is 0 Å². The minimum atomic E-state index is -0.866. The first-order valence-electron chi connectivity index (χ1n) is 4.91. The van der Waals surface area contributed by atoms with E-state index < -0.39 is 16.3 Å². The van der Waals surface area contributed by atoms with Gasteiger partial charge >= 0.3 is 0 Å². The fourth-order valence-corrected chi connectivity index (χ4v) is 2.03. The molecule has 0 aromatic heterocycles. The summed E-state index contributed by atoms with van der Waals surface area (Å²) in [6.45, 7) is 2.14. The van der Waals surface area contributed by atoms with Gasteiger partial charge in [0.1, 0.15) is 11.5 Å². The Balaban J connectivity index is 2.39. The summed E-state index contributed by atoms with van der Waals surface area (Å²) in [6, 6.07) is 2.01. The van der Waals surface area contributed by atoms with Gasteiger partial charge in [-0.1, -0.05) is 11.6 Å². The van der Waals surface area contributed by atoms with Gasteiger partial charge in [-0.05, 0) is 13.0 Å². The Morgan fingerprint density at radius 3 is 2.65 bits per heavy atom. The molecule has 1 aliphatic rings. The summed E-state index contributed by atoms with van der Waals surface area (Å²) >= 11 is 5.60. The van der Waals surface area contributed by atoms with E-state index in [-0.39, 0.29) is 29.5 Å². The highest BCUT2D eigenvalue weighted by Gasteiger charge is 2.39. The summed E-state index contributed by atoms with van der Waals surface area (Å²) in [4.78, 5) is 11.7. The van der Waals surface area contributed by atoms with Crippen molar-refractivity contribution in [3.8, 4) is 0 Å². The fourth-order valence-electron chi connectivity index (χ4n) is 1.87. The van der Waals surface area contributed by atoms with Gasteiger partial charge in [-0.3, -0.25) is 10.1 Å². The van der Waals surface area contributed by atoms with Crippen LogP contribution in [0, 0.1) is 15.9 Å². The van der Waals surface area contributed by atoms with Crippen LogP contribution in [0.5, 0.6) is 0 Å². The molecule has 0 aliphatic carbocycles. The molecule has 2 rings (SSSR count). The maximum absolute atomic E-state index is 13.2. The third-order valence-corrected chi connectivity index (χ3v) is 2.91. The van der Waals surface area contributed by atoms with Crippen LogP contribution in [0.1, 0.15) is 6.92 Å². The second-order valence-corrected chi connectivity index (χ2v) is 4.77. The highest BCUT2D eigenvalue weighted by atomic mass is 35.5. The second kappa shape index (κ2) is 3.82. The molecule has 1 aliphatic heterocycles. The van der Waals surface area contributed by atoms with Crippen LogP contribution in [-0.4, -0.2) is 28.7 Å². The van der Waals surface area contributed by atoms with Crippen LogP contribution in [-0.2, 0) is 0 Å². The third kappa shape index (κ3) is 2.18. The number of anilines is 1. The lowest BCUT2D eigenvalue weighted by atomic mass is 9.96. The van der Waals surface area contributed by atoms with Gasteiger partial charge in [0.15, 0.2) is 0 Å². The summed E-state index contributed by atoms with van der Waals surface area (Å²) in [5, 5.41) is 20.2. The van der Waals surface area contributed by atoms with Crippen LogP contribution < -0.4 is 4.90 Å². The van der Waals surface area contributed by atoms with Crippen molar-refractivity contribution in [3.63, 3.8) is 0 Å². The molecule has 1 fully saturated rings. The zero-order valence-corrected chi connectivity index (χ0v) is 9.74. The standard InChI is InChI=1S/C10H10ClFN2O3/c1-10(15)4-13(5-10)8-2-6(11)7(12)3-9(8)14(16)17/h2-3,15H,4-5H2,1H3. The molecule has 17 heavy (non-hydrogen) atoms. The molecule has 1 aromatic rings.